The Labute approximate surface area is 228 Å². The zero-order valence-electron chi connectivity index (χ0n) is 25.4. The second kappa shape index (κ2) is 29.4. The van der Waals surface area contributed by atoms with Gasteiger partial charge in [-0.15, -0.1) is 0 Å². The maximum absolute atomic E-state index is 10.2. The molecular weight excluding hydrogens is 460 g/mol. The Hall–Kier alpha value is -2.82. The van der Waals surface area contributed by atoms with Gasteiger partial charge in [0.05, 0.1) is 13.7 Å². The average Bonchev–Trinajstić information content (AvgIpc) is 2.95. The van der Waals surface area contributed by atoms with Gasteiger partial charge in [-0.1, -0.05) is 105 Å². The van der Waals surface area contributed by atoms with Crippen molar-refractivity contribution in [2.24, 2.45) is 10.7 Å². The van der Waals surface area contributed by atoms with Gasteiger partial charge in [0.15, 0.2) is 0 Å². The molecule has 0 aliphatic rings. The second-order valence-electron chi connectivity index (χ2n) is 7.71. The molecule has 0 heterocycles. The number of ether oxygens (including phenoxy) is 2. The van der Waals surface area contributed by atoms with Crippen molar-refractivity contribution in [3.05, 3.63) is 60.3 Å². The molecule has 2 N–H and O–H groups in total. The van der Waals surface area contributed by atoms with Crippen LogP contribution in [-0.4, -0.2) is 25.5 Å². The van der Waals surface area contributed by atoms with Crippen molar-refractivity contribution in [1.29, 1.82) is 0 Å². The van der Waals surface area contributed by atoms with E-state index in [1.54, 1.807) is 12.3 Å². The lowest BCUT2D eigenvalue weighted by Crippen LogP contribution is -2.12. The average molecular weight is 517 g/mol. The number of amidine groups is 1. The van der Waals surface area contributed by atoms with E-state index in [1.165, 1.54) is 32.8 Å². The fourth-order valence-corrected chi connectivity index (χ4v) is 2.84. The predicted molar refractivity (Wildman–Crippen MR) is 164 cm³/mol. The van der Waals surface area contributed by atoms with Crippen molar-refractivity contribution >= 4 is 17.4 Å². The van der Waals surface area contributed by atoms with E-state index < -0.39 is 0 Å². The molecule has 0 spiro atoms. The molecule has 1 aromatic carbocycles. The van der Waals surface area contributed by atoms with Crippen LogP contribution >= 0.6 is 0 Å². The maximum atomic E-state index is 10.2. The molecule has 0 aromatic heterocycles. The summed E-state index contributed by atoms with van der Waals surface area (Å²) in [6.07, 6.45) is 14.1. The number of unbranched alkanes of at least 4 members (excludes halogenated alkanes) is 4. The van der Waals surface area contributed by atoms with Crippen molar-refractivity contribution in [1.82, 2.24) is 0 Å². The lowest BCUT2D eigenvalue weighted by molar-refractivity contribution is -0.140. The minimum Gasteiger partial charge on any atom is -0.494 e. The van der Waals surface area contributed by atoms with Crippen molar-refractivity contribution in [3.63, 3.8) is 0 Å². The summed E-state index contributed by atoms with van der Waals surface area (Å²) in [6.45, 7) is 20.8. The van der Waals surface area contributed by atoms with Gasteiger partial charge in [0.2, 0.25) is 0 Å². The van der Waals surface area contributed by atoms with Crippen molar-refractivity contribution in [2.75, 3.05) is 13.7 Å². The molecule has 0 amide bonds. The Morgan fingerprint density at radius 1 is 0.973 bits per heavy atom. The number of carbonyl (C=O) groups excluding carboxylic acids is 1. The predicted octanol–water partition coefficient (Wildman–Crippen LogP) is 9.29. The molecular formula is C32H56N2O3. The van der Waals surface area contributed by atoms with E-state index >= 15 is 0 Å². The zero-order valence-corrected chi connectivity index (χ0v) is 25.4. The van der Waals surface area contributed by atoms with Gasteiger partial charge in [-0.3, -0.25) is 4.79 Å². The van der Waals surface area contributed by atoms with Crippen LogP contribution in [0.3, 0.4) is 0 Å². The van der Waals surface area contributed by atoms with Gasteiger partial charge in [-0.05, 0) is 49.5 Å². The Bertz CT molecular complexity index is 763. The molecule has 0 unspecified atom stereocenters. The molecule has 0 radical (unpaired) electrons. The fraction of sp³-hybridized carbons (Fsp3) is 0.562. The van der Waals surface area contributed by atoms with Crippen molar-refractivity contribution in [2.45, 2.75) is 107 Å². The summed E-state index contributed by atoms with van der Waals surface area (Å²) in [5.41, 5.74) is 9.05. The Morgan fingerprint density at radius 2 is 1.57 bits per heavy atom. The molecule has 0 bridgehead atoms. The topological polar surface area (TPSA) is 73.9 Å². The first-order valence-electron chi connectivity index (χ1n) is 14.1. The number of rotatable bonds is 14. The monoisotopic (exact) mass is 516 g/mol. The molecule has 5 nitrogen and oxygen atoms in total. The summed E-state index contributed by atoms with van der Waals surface area (Å²) >= 11 is 0. The molecule has 0 saturated carbocycles. The minimum atomic E-state index is -0.123. The van der Waals surface area contributed by atoms with Crippen LogP contribution in [0.1, 0.15) is 112 Å². The number of carbonyl (C=O) groups is 1. The molecule has 1 rings (SSSR count). The van der Waals surface area contributed by atoms with E-state index in [4.69, 9.17) is 10.5 Å². The summed E-state index contributed by atoms with van der Waals surface area (Å²) in [5.74, 6) is 1.28. The quantitative estimate of drug-likeness (QED) is 0.0879. The maximum Gasteiger partial charge on any atom is 0.305 e. The highest BCUT2D eigenvalue weighted by Crippen LogP contribution is 2.19. The normalized spacial score (nSPS) is 11.0. The van der Waals surface area contributed by atoms with E-state index in [0.29, 0.717) is 12.3 Å². The smallest absolute Gasteiger partial charge is 0.305 e. The SMILES string of the molecule is C=CC(=C\CC)/C(N)=N/C=C(\C)c1ccc(OCCCCCCC)cc1.CC.CC.CCCC(=O)OC. The number of esters is 1. The van der Waals surface area contributed by atoms with E-state index in [0.717, 1.165) is 48.3 Å². The van der Waals surface area contributed by atoms with Gasteiger partial charge in [0.25, 0.3) is 0 Å². The standard InChI is InChI=1S/C23H34N2O.C5H10O2.2C2H6/c1-5-8-9-10-11-17-26-22-15-13-21(14-16-22)19(4)18-25-23(24)20(7-3)12-6-2;1-3-4-5(6)7-2;2*1-2/h7,12-16,18H,3,5-6,8-11,17H2,1-2,4H3,(H2,24,25);3-4H2,1-2H3;2*1-2H3/b19-18+,20-12+;;;. The van der Waals surface area contributed by atoms with Gasteiger partial charge < -0.3 is 15.2 Å². The van der Waals surface area contributed by atoms with Gasteiger partial charge in [-0.2, -0.15) is 0 Å². The van der Waals surface area contributed by atoms with Crippen molar-refractivity contribution in [3.8, 4) is 5.75 Å². The third-order valence-corrected chi connectivity index (χ3v) is 4.85. The zero-order chi connectivity index (χ0) is 28.9. The largest absolute Gasteiger partial charge is 0.494 e. The first-order valence-corrected chi connectivity index (χ1v) is 14.1. The van der Waals surface area contributed by atoms with E-state index in [-0.39, 0.29) is 5.97 Å². The summed E-state index contributed by atoms with van der Waals surface area (Å²) in [4.78, 5) is 14.5. The molecule has 0 aliphatic carbocycles. The molecule has 5 heteroatoms. The summed E-state index contributed by atoms with van der Waals surface area (Å²) in [5, 5.41) is 0. The van der Waals surface area contributed by atoms with Crippen LogP contribution in [0.2, 0.25) is 0 Å². The second-order valence-corrected chi connectivity index (χ2v) is 7.71. The molecule has 37 heavy (non-hydrogen) atoms. The third-order valence-electron chi connectivity index (χ3n) is 4.85. The van der Waals surface area contributed by atoms with Crippen LogP contribution in [0.5, 0.6) is 5.75 Å². The number of hydrogen-bond acceptors (Lipinski definition) is 4. The fourth-order valence-electron chi connectivity index (χ4n) is 2.84. The van der Waals surface area contributed by atoms with E-state index in [1.807, 2.05) is 59.8 Å². The number of nitrogens with two attached hydrogens (primary N) is 1. The van der Waals surface area contributed by atoms with E-state index in [2.05, 4.69) is 42.3 Å². The first kappa shape index (κ1) is 38.7. The highest BCUT2D eigenvalue weighted by Gasteiger charge is 2.00. The van der Waals surface area contributed by atoms with Crippen LogP contribution in [0.4, 0.5) is 0 Å². The third kappa shape index (κ3) is 22.1. The van der Waals surface area contributed by atoms with Crippen LogP contribution in [0.25, 0.3) is 5.57 Å². The van der Waals surface area contributed by atoms with Crippen LogP contribution < -0.4 is 10.5 Å². The van der Waals surface area contributed by atoms with Crippen molar-refractivity contribution < 1.29 is 14.3 Å². The molecule has 212 valence electrons. The van der Waals surface area contributed by atoms with Gasteiger partial charge in [-0.25, -0.2) is 4.99 Å². The van der Waals surface area contributed by atoms with E-state index in [9.17, 15) is 4.79 Å². The number of methoxy groups -OCH3 is 1. The lowest BCUT2D eigenvalue weighted by Gasteiger charge is -2.07. The summed E-state index contributed by atoms with van der Waals surface area (Å²) < 4.78 is 10.2. The first-order chi connectivity index (χ1) is 17.9. The molecule has 1 aromatic rings. The summed E-state index contributed by atoms with van der Waals surface area (Å²) in [6, 6.07) is 8.14. The molecule has 0 saturated heterocycles. The highest BCUT2D eigenvalue weighted by atomic mass is 16.5. The Morgan fingerprint density at radius 3 is 2.03 bits per heavy atom. The number of aliphatic imine (C=N–C) groups is 1. The number of nitrogens with zero attached hydrogens (tertiary/aromatic N) is 1. The Balaban J connectivity index is -0.000000891. The molecule has 0 atom stereocenters. The summed E-state index contributed by atoms with van der Waals surface area (Å²) in [7, 11) is 1.40. The van der Waals surface area contributed by atoms with Crippen LogP contribution in [0, 0.1) is 0 Å². The highest BCUT2D eigenvalue weighted by molar-refractivity contribution is 6.00. The lowest BCUT2D eigenvalue weighted by atomic mass is 10.1. The minimum absolute atomic E-state index is 0.123. The van der Waals surface area contributed by atoms with Crippen LogP contribution in [0.15, 0.2) is 59.8 Å². The van der Waals surface area contributed by atoms with Crippen LogP contribution in [-0.2, 0) is 9.53 Å². The molecule has 0 fully saturated rings. The Kier molecular flexibility index (Phi) is 30.8. The molecule has 0 aliphatic heterocycles. The van der Waals surface area contributed by atoms with Gasteiger partial charge in [0, 0.05) is 18.2 Å². The van der Waals surface area contributed by atoms with Gasteiger partial charge in [0.1, 0.15) is 11.6 Å². The number of benzene rings is 1. The number of allylic oxidation sites excluding steroid dienone is 2. The van der Waals surface area contributed by atoms with Gasteiger partial charge >= 0.3 is 5.97 Å². The number of hydrogen-bond donors (Lipinski definition) is 1.